The van der Waals surface area contributed by atoms with Gasteiger partial charge in [-0.2, -0.15) is 0 Å². The molecule has 6 atom stereocenters. The lowest BCUT2D eigenvalue weighted by molar-refractivity contribution is -0.152. The molecule has 2 heterocycles. The van der Waals surface area contributed by atoms with E-state index < -0.39 is 48.7 Å². The molecule has 1 aliphatic rings. The van der Waals surface area contributed by atoms with Gasteiger partial charge in [-0.3, -0.25) is 0 Å². The van der Waals surface area contributed by atoms with E-state index >= 15 is 0 Å². The fourth-order valence-corrected chi connectivity index (χ4v) is 17.4. The zero-order valence-electron chi connectivity index (χ0n) is 47.0. The summed E-state index contributed by atoms with van der Waals surface area (Å²) in [7, 11) is -3.21. The fourth-order valence-electron chi connectivity index (χ4n) is 9.40. The minimum atomic E-state index is -2.83. The molecule has 0 radical (unpaired) electrons. The minimum Gasteiger partial charge on any atom is -0.467 e. The van der Waals surface area contributed by atoms with Crippen molar-refractivity contribution in [2.24, 2.45) is 13.0 Å². The van der Waals surface area contributed by atoms with Crippen molar-refractivity contribution in [3.63, 3.8) is 0 Å². The Morgan fingerprint density at radius 3 is 1.97 bits per heavy atom. The van der Waals surface area contributed by atoms with E-state index in [1.807, 2.05) is 49.7 Å². The van der Waals surface area contributed by atoms with Crippen molar-refractivity contribution in [2.45, 2.75) is 171 Å². The van der Waals surface area contributed by atoms with Crippen LogP contribution < -0.4 is 15.1 Å². The number of carbonyl (C=O) groups excluding carboxylic acids is 1. The zero-order chi connectivity index (χ0) is 53.6. The second-order valence-corrected chi connectivity index (χ2v) is 40.0. The third-order valence-electron chi connectivity index (χ3n) is 14.6. The highest BCUT2D eigenvalue weighted by molar-refractivity contribution is 7.99. The van der Waals surface area contributed by atoms with E-state index in [9.17, 15) is 4.79 Å². The molecule has 0 bridgehead atoms. The van der Waals surface area contributed by atoms with E-state index in [4.69, 9.17) is 37.5 Å². The normalized spacial score (nSPS) is 18.5. The molecule has 1 aromatic heterocycles. The predicted octanol–water partition coefficient (Wildman–Crippen LogP) is 13.7. The third-order valence-corrected chi connectivity index (χ3v) is 27.2. The van der Waals surface area contributed by atoms with Crippen molar-refractivity contribution in [3.8, 4) is 5.75 Å². The SMILES string of the molecule is COCOc1cc2c(ncn2C)c(C(CC[C@H]2OC(C)(C)O[C@@H]2C(/C=C\[C@H](C)[C@H](C)O[Si](c2ccccc2)(c2ccccc2)C(C)(C)C)O[Si](C)(C)C(C)(C)C)Sc2ccccc2)c1C(=O)OCC[Si](C)(C)C. The second kappa shape index (κ2) is 24.0. The lowest BCUT2D eigenvalue weighted by atomic mass is 9.95. The first-order valence-electron chi connectivity index (χ1n) is 26.2. The molecule has 73 heavy (non-hydrogen) atoms. The first-order chi connectivity index (χ1) is 34.2. The molecule has 0 aliphatic carbocycles. The standard InChI is InChI=1S/C59H86N2O8SSi3/c1-42(43(2)68-73(58(6,7)8,45-29-23-19-24-30-45)46-31-25-20-26-32-46)33-34-49(69-72(16,17)57(3,4)5)55-48(66-59(9,10)67-55)35-36-51(70-44-27-21-18-22-28-44)53-52(56(62)64-37-38-71(13,14)15)50(65-41-63-12)39-47-54(53)60-40-61(47)11/h18-34,39-40,42-43,48-49,51,55H,35-38,41H2,1-17H3/b34-33-/t42-,43-,48+,49?,51?,55-/m0/s1. The number of fused-ring (bicyclic) bond motifs is 1. The molecule has 10 nitrogen and oxygen atoms in total. The highest BCUT2D eigenvalue weighted by Crippen LogP contribution is 2.48. The summed E-state index contributed by atoms with van der Waals surface area (Å²) < 4.78 is 48.9. The van der Waals surface area contributed by atoms with Crippen LogP contribution in [0.2, 0.25) is 48.9 Å². The van der Waals surface area contributed by atoms with E-state index in [1.54, 1.807) is 25.2 Å². The number of aromatic nitrogens is 2. The van der Waals surface area contributed by atoms with Crippen LogP contribution in [-0.2, 0) is 34.8 Å². The molecule has 2 unspecified atom stereocenters. The van der Waals surface area contributed by atoms with Crippen molar-refractivity contribution in [3.05, 3.63) is 127 Å². The third kappa shape index (κ3) is 14.4. The number of carbonyl (C=O) groups is 1. The number of imidazole rings is 1. The Kier molecular flexibility index (Phi) is 19.2. The van der Waals surface area contributed by atoms with Crippen molar-refractivity contribution in [1.82, 2.24) is 9.55 Å². The second-order valence-electron chi connectivity index (χ2n) is 24.1. The molecule has 1 saturated heterocycles. The predicted molar refractivity (Wildman–Crippen MR) is 308 cm³/mol. The van der Waals surface area contributed by atoms with E-state index in [-0.39, 0.29) is 40.2 Å². The van der Waals surface area contributed by atoms with Gasteiger partial charge in [-0.15, -0.1) is 11.8 Å². The molecule has 0 saturated carbocycles. The molecule has 0 N–H and O–H groups in total. The fraction of sp³-hybridized carbons (Fsp3) is 0.525. The van der Waals surface area contributed by atoms with Gasteiger partial charge in [0.15, 0.2) is 20.9 Å². The number of hydrogen-bond acceptors (Lipinski definition) is 10. The Labute approximate surface area is 445 Å². The Hall–Kier alpha value is -3.84. The maximum Gasteiger partial charge on any atom is 0.342 e. The highest BCUT2D eigenvalue weighted by Gasteiger charge is 2.52. The quantitative estimate of drug-likeness (QED) is 0.0207. The molecule has 0 spiro atoms. The summed E-state index contributed by atoms with van der Waals surface area (Å²) >= 11 is 1.70. The van der Waals surface area contributed by atoms with Crippen LogP contribution in [0, 0.1) is 5.92 Å². The average Bonchev–Trinajstić information content (AvgIpc) is 3.85. The number of nitrogens with zero attached hydrogens (tertiary/aromatic N) is 2. The Balaban J connectivity index is 1.40. The summed E-state index contributed by atoms with van der Waals surface area (Å²) in [4.78, 5) is 20.7. The van der Waals surface area contributed by atoms with E-state index in [1.165, 1.54) is 10.4 Å². The van der Waals surface area contributed by atoms with Gasteiger partial charge in [0.1, 0.15) is 17.4 Å². The summed E-state index contributed by atoms with van der Waals surface area (Å²) in [6.07, 6.45) is 6.13. The first kappa shape index (κ1) is 58.4. The van der Waals surface area contributed by atoms with Gasteiger partial charge >= 0.3 is 5.97 Å². The topological polar surface area (TPSA) is 99.5 Å². The molecule has 398 valence electrons. The van der Waals surface area contributed by atoms with Crippen LogP contribution in [0.5, 0.6) is 5.75 Å². The van der Waals surface area contributed by atoms with Crippen LogP contribution in [-0.4, -0.2) is 90.9 Å². The molecule has 5 aromatic rings. The van der Waals surface area contributed by atoms with Gasteiger partial charge in [0, 0.05) is 50.1 Å². The number of rotatable bonds is 23. The number of methoxy groups -OCH3 is 1. The van der Waals surface area contributed by atoms with Crippen LogP contribution in [0.1, 0.15) is 103 Å². The van der Waals surface area contributed by atoms with Gasteiger partial charge in [-0.1, -0.05) is 159 Å². The maximum atomic E-state index is 14.6. The Morgan fingerprint density at radius 1 is 0.836 bits per heavy atom. The maximum absolute atomic E-state index is 14.6. The summed E-state index contributed by atoms with van der Waals surface area (Å²) in [5.74, 6) is -0.900. The molecule has 1 aliphatic heterocycles. The average molecular weight is 1070 g/mol. The van der Waals surface area contributed by atoms with Crippen molar-refractivity contribution in [1.29, 1.82) is 0 Å². The largest absolute Gasteiger partial charge is 0.467 e. The van der Waals surface area contributed by atoms with Crippen LogP contribution in [0.25, 0.3) is 11.0 Å². The number of aryl methyl sites for hydroxylation is 1. The van der Waals surface area contributed by atoms with Crippen LogP contribution >= 0.6 is 11.8 Å². The number of esters is 1. The van der Waals surface area contributed by atoms with Crippen LogP contribution in [0.15, 0.2) is 120 Å². The molecule has 0 amide bonds. The zero-order valence-corrected chi connectivity index (χ0v) is 50.9. The lowest BCUT2D eigenvalue weighted by Gasteiger charge is -2.45. The number of ether oxygens (including phenoxy) is 5. The monoisotopic (exact) mass is 1070 g/mol. The number of benzene rings is 4. The number of hydrogen-bond donors (Lipinski definition) is 0. The van der Waals surface area contributed by atoms with Crippen LogP contribution in [0.3, 0.4) is 0 Å². The van der Waals surface area contributed by atoms with E-state index in [2.05, 4.69) is 173 Å². The highest BCUT2D eigenvalue weighted by atomic mass is 32.2. The van der Waals surface area contributed by atoms with E-state index in [0.717, 1.165) is 27.5 Å². The molecule has 6 rings (SSSR count). The summed E-state index contributed by atoms with van der Waals surface area (Å²) in [6.45, 7) is 34.0. The van der Waals surface area contributed by atoms with Gasteiger partial charge in [0.25, 0.3) is 8.32 Å². The number of thioether (sulfide) groups is 1. The summed E-state index contributed by atoms with van der Waals surface area (Å²) in [6, 6.07) is 34.7. The lowest BCUT2D eigenvalue weighted by Crippen LogP contribution is -2.67. The molecule has 4 aromatic carbocycles. The van der Waals surface area contributed by atoms with Gasteiger partial charge in [-0.25, -0.2) is 9.78 Å². The van der Waals surface area contributed by atoms with Crippen molar-refractivity contribution < 1.29 is 37.3 Å². The Bertz CT molecular complexity index is 2550. The van der Waals surface area contributed by atoms with Gasteiger partial charge in [0.05, 0.1) is 36.2 Å². The van der Waals surface area contributed by atoms with Gasteiger partial charge in [-0.05, 0) is 91.3 Å². The summed E-state index contributed by atoms with van der Waals surface area (Å²) in [5.41, 5.74) is 2.71. The molecular formula is C59H86N2O8SSi3. The van der Waals surface area contributed by atoms with Gasteiger partial charge in [0.2, 0.25) is 0 Å². The smallest absolute Gasteiger partial charge is 0.342 e. The molecule has 1 fully saturated rings. The summed E-state index contributed by atoms with van der Waals surface area (Å²) in [5, 5.41) is 1.99. The van der Waals surface area contributed by atoms with Crippen LogP contribution in [0.4, 0.5) is 0 Å². The van der Waals surface area contributed by atoms with Crippen molar-refractivity contribution >= 4 is 63.8 Å². The van der Waals surface area contributed by atoms with Gasteiger partial charge < -0.3 is 37.1 Å². The molecular weight excluding hydrogens is 981 g/mol. The van der Waals surface area contributed by atoms with E-state index in [0.29, 0.717) is 30.8 Å². The minimum absolute atomic E-state index is 0.0184. The molecule has 14 heteroatoms. The van der Waals surface area contributed by atoms with Crippen molar-refractivity contribution in [2.75, 3.05) is 20.5 Å². The first-order valence-corrected chi connectivity index (χ1v) is 35.6. The Morgan fingerprint density at radius 2 is 1.42 bits per heavy atom.